The Morgan fingerprint density at radius 2 is 0.576 bits per heavy atom. The number of aliphatic hydroxyl groups is 25. The van der Waals surface area contributed by atoms with Crippen molar-refractivity contribution in [2.24, 2.45) is 0 Å². The molecule has 8 rings (SSSR count). The van der Waals surface area contributed by atoms with Gasteiger partial charge in [0.15, 0.2) is 50.3 Å². The first kappa shape index (κ1) is 75.6. The van der Waals surface area contributed by atoms with E-state index in [1.807, 2.05) is 0 Å². The molecule has 0 aromatic rings. The van der Waals surface area contributed by atoms with Crippen LogP contribution in [0.1, 0.15) is 6.92 Å². The van der Waals surface area contributed by atoms with Crippen molar-refractivity contribution in [2.45, 2.75) is 253 Å². The van der Waals surface area contributed by atoms with Crippen LogP contribution in [-0.4, -0.2) is 432 Å². The smallest absolute Gasteiger partial charge is 0.217 e. The van der Waals surface area contributed by atoms with E-state index in [1.165, 1.54) is 0 Å². The summed E-state index contributed by atoms with van der Waals surface area (Å²) in [5, 5.41) is 272. The Labute approximate surface area is 519 Å². The Balaban J connectivity index is 1.05. The Bertz CT molecular complexity index is 2250. The van der Waals surface area contributed by atoms with Gasteiger partial charge in [-0.25, -0.2) is 0 Å². The van der Waals surface area contributed by atoms with Crippen LogP contribution in [0.3, 0.4) is 0 Å². The second-order valence-corrected chi connectivity index (χ2v) is 23.1. The van der Waals surface area contributed by atoms with Crippen molar-refractivity contribution in [2.75, 3.05) is 52.9 Å². The van der Waals surface area contributed by atoms with Gasteiger partial charge in [-0.2, -0.15) is 0 Å². The van der Waals surface area contributed by atoms with Gasteiger partial charge in [0.25, 0.3) is 0 Å². The van der Waals surface area contributed by atoms with Crippen LogP contribution < -0.4 is 5.32 Å². The fraction of sp³-hybridized carbons (Fsp3) is 0.980. The standard InChI is InChI=1S/C50H85NO41/c1-10(59)51-19-25(65)20(60)11(2-52)80-44(19)91-42-29(69)24(64)15(6-56)84-50(42)89-39-18(79-43(77)36(76)40(39)90-46-33(73)27(67)22(62)13(4-54)82-46)9-78-49-41(28(68)23(63)14(5-55)83-49)92-48-35(75)31(71)38(17(8-58)86-48)88-47-34(74)30(70)37(16(7-57)85-47)87-45-32(72)26(66)21(61)12(3-53)81-45/h11-50,52-58,60-77H,2-9H2,1H3,(H,51,59)/t11?,12?,13?,14?,15?,16?,17?,18?,19?,20-,21+,22-,23-,24-,25-,26+,27+,28+,29+,30-,31-,32?,33?,34?,35?,36?,37+,38-,39-,40-,41?,42?,43+,44-,45-,46+,47+,48+,49-,50+/m1/s1. The van der Waals surface area contributed by atoms with Crippen LogP contribution in [0.15, 0.2) is 0 Å². The van der Waals surface area contributed by atoms with E-state index in [1.54, 1.807) is 0 Å². The molecule has 0 aliphatic carbocycles. The summed E-state index contributed by atoms with van der Waals surface area (Å²) in [6, 6.07) is -1.74. The third-order valence-corrected chi connectivity index (χ3v) is 17.0. The number of amides is 1. The van der Waals surface area contributed by atoms with Gasteiger partial charge < -0.3 is 204 Å². The van der Waals surface area contributed by atoms with E-state index in [-0.39, 0.29) is 0 Å². The van der Waals surface area contributed by atoms with Gasteiger partial charge in [-0.1, -0.05) is 0 Å². The number of hydrogen-bond acceptors (Lipinski definition) is 41. The molecule has 8 heterocycles. The normalized spacial score (nSPS) is 52.2. The Hall–Kier alpha value is -2.13. The molecular formula is C50H85NO41. The van der Waals surface area contributed by atoms with Crippen molar-refractivity contribution >= 4 is 5.91 Å². The highest BCUT2D eigenvalue weighted by molar-refractivity contribution is 5.73. The lowest BCUT2D eigenvalue weighted by atomic mass is 9.95. The third kappa shape index (κ3) is 15.8. The number of ether oxygens (including phenoxy) is 15. The summed E-state index contributed by atoms with van der Waals surface area (Å²) in [6.07, 6.45) is -80.0. The first-order valence-corrected chi connectivity index (χ1v) is 29.2. The maximum absolute atomic E-state index is 12.3. The minimum atomic E-state index is -2.42. The monoisotopic (exact) mass is 1360 g/mol. The molecule has 0 aromatic carbocycles. The number of carbonyl (C=O) groups excluding carboxylic acids is 1. The van der Waals surface area contributed by atoms with E-state index in [4.69, 9.17) is 71.1 Å². The molecule has 8 aliphatic heterocycles. The Morgan fingerprint density at radius 1 is 0.283 bits per heavy atom. The quantitative estimate of drug-likeness (QED) is 0.0452. The average Bonchev–Trinajstić information content (AvgIpc) is 0.867. The van der Waals surface area contributed by atoms with E-state index in [0.717, 1.165) is 6.92 Å². The molecule has 8 fully saturated rings. The molecule has 1 amide bonds. The van der Waals surface area contributed by atoms with E-state index >= 15 is 0 Å². The zero-order valence-electron chi connectivity index (χ0n) is 48.5. The molecule has 0 saturated carbocycles. The lowest BCUT2D eigenvalue weighted by Gasteiger charge is -2.50. The molecule has 0 spiro atoms. The fourth-order valence-corrected chi connectivity index (χ4v) is 11.7. The zero-order valence-corrected chi connectivity index (χ0v) is 48.5. The summed E-state index contributed by atoms with van der Waals surface area (Å²) >= 11 is 0. The molecule has 8 saturated heterocycles. The van der Waals surface area contributed by atoms with Crippen LogP contribution >= 0.6 is 0 Å². The summed E-state index contributed by atoms with van der Waals surface area (Å²) in [7, 11) is 0. The Kier molecular flexibility index (Phi) is 26.9. The van der Waals surface area contributed by atoms with Crippen molar-refractivity contribution in [3.05, 3.63) is 0 Å². The first-order chi connectivity index (χ1) is 43.6. The predicted molar refractivity (Wildman–Crippen MR) is 276 cm³/mol. The van der Waals surface area contributed by atoms with Crippen LogP contribution in [0.2, 0.25) is 0 Å². The molecule has 8 aliphatic rings. The van der Waals surface area contributed by atoms with Crippen LogP contribution in [0.25, 0.3) is 0 Å². The molecular weight excluding hydrogens is 1270 g/mol. The van der Waals surface area contributed by atoms with E-state index in [0.29, 0.717) is 0 Å². The highest BCUT2D eigenvalue weighted by atomic mass is 16.8. The molecule has 92 heavy (non-hydrogen) atoms. The van der Waals surface area contributed by atoms with Crippen molar-refractivity contribution in [3.8, 4) is 0 Å². The molecule has 0 aromatic heterocycles. The summed E-state index contributed by atoms with van der Waals surface area (Å²) < 4.78 is 86.5. The number of nitrogens with one attached hydrogen (secondary N) is 1. The van der Waals surface area contributed by atoms with E-state index < -0.39 is 304 Å². The molecule has 0 bridgehead atoms. The van der Waals surface area contributed by atoms with Crippen molar-refractivity contribution in [3.63, 3.8) is 0 Å². The molecule has 16 unspecified atom stereocenters. The summed E-state index contributed by atoms with van der Waals surface area (Å²) in [4.78, 5) is 12.3. The number of aliphatic hydroxyl groups excluding tert-OH is 25. The number of hydrogen-bond donors (Lipinski definition) is 26. The second kappa shape index (κ2) is 32.7. The van der Waals surface area contributed by atoms with Gasteiger partial charge >= 0.3 is 0 Å². The molecule has 0 radical (unpaired) electrons. The SMILES string of the molecule is CC(=O)NC1[C@@H](OC2[C@H](O[C@@H]3C(CO[C@@H]4OC(CO)[C@@H](O)[C@H](O)C4O[C@@H]4OC(CO)[C@@H](O[C@@H]5OC(CO)[C@H](O[C@H]6OC(CO)[C@H](O)[C@H](O)C6O)[C@H](O)C5O)[C@H](O)C4O)O[C@H](O)C(O)[C@H]3O[C@@H]3OC(CO)[C@@H](O)[C@H](O)C3O)OC(CO)[C@@H](O)[C@@H]2O)OC(CO)[C@@H](O)[C@@H]1O. The molecule has 42 nitrogen and oxygen atoms in total. The molecule has 42 heteroatoms. The van der Waals surface area contributed by atoms with Gasteiger partial charge in [-0.15, -0.1) is 0 Å². The van der Waals surface area contributed by atoms with Crippen molar-refractivity contribution in [1.29, 1.82) is 0 Å². The lowest BCUT2D eigenvalue weighted by Crippen LogP contribution is -2.69. The van der Waals surface area contributed by atoms with Gasteiger partial charge in [0.05, 0.1) is 52.9 Å². The topological polar surface area (TPSA) is 673 Å². The lowest BCUT2D eigenvalue weighted by molar-refractivity contribution is -0.403. The van der Waals surface area contributed by atoms with Crippen LogP contribution in [0.4, 0.5) is 0 Å². The highest BCUT2D eigenvalue weighted by Gasteiger charge is 2.60. The zero-order chi connectivity index (χ0) is 67.6. The summed E-state index contributed by atoms with van der Waals surface area (Å²) in [5.74, 6) is -0.843. The highest BCUT2D eigenvalue weighted by Crippen LogP contribution is 2.39. The van der Waals surface area contributed by atoms with Crippen LogP contribution in [0.5, 0.6) is 0 Å². The van der Waals surface area contributed by atoms with Crippen LogP contribution in [0, 0.1) is 0 Å². The summed E-state index contributed by atoms with van der Waals surface area (Å²) in [5.41, 5.74) is 0. The summed E-state index contributed by atoms with van der Waals surface area (Å²) in [6.45, 7) is -7.37. The Morgan fingerprint density at radius 3 is 0.989 bits per heavy atom. The molecule has 26 N–H and O–H groups in total. The third-order valence-electron chi connectivity index (χ3n) is 17.0. The predicted octanol–water partition coefficient (Wildman–Crippen LogP) is -18.3. The number of rotatable bonds is 23. The average molecular weight is 1360 g/mol. The first-order valence-electron chi connectivity index (χ1n) is 29.2. The minimum Gasteiger partial charge on any atom is -0.394 e. The molecule has 40 atom stereocenters. The van der Waals surface area contributed by atoms with Gasteiger partial charge in [-0.3, -0.25) is 4.79 Å². The second-order valence-electron chi connectivity index (χ2n) is 23.1. The van der Waals surface area contributed by atoms with Gasteiger partial charge in [0, 0.05) is 6.92 Å². The van der Waals surface area contributed by atoms with Crippen molar-refractivity contribution < 1.29 is 204 Å². The van der Waals surface area contributed by atoms with Gasteiger partial charge in [-0.05, 0) is 0 Å². The van der Waals surface area contributed by atoms with Gasteiger partial charge in [0.2, 0.25) is 5.91 Å². The maximum Gasteiger partial charge on any atom is 0.217 e. The van der Waals surface area contributed by atoms with E-state index in [9.17, 15) is 132 Å². The largest absolute Gasteiger partial charge is 0.394 e. The van der Waals surface area contributed by atoms with Crippen LogP contribution in [-0.2, 0) is 75.8 Å². The van der Waals surface area contributed by atoms with Crippen molar-refractivity contribution in [1.82, 2.24) is 5.32 Å². The fourth-order valence-electron chi connectivity index (χ4n) is 11.7. The van der Waals surface area contributed by atoms with Gasteiger partial charge in [0.1, 0.15) is 195 Å². The maximum atomic E-state index is 12.3. The van der Waals surface area contributed by atoms with E-state index in [2.05, 4.69) is 5.32 Å². The minimum absolute atomic E-state index is 0.843. The molecule has 536 valence electrons. The number of carbonyl (C=O) groups is 1.